The molecule has 0 aliphatic carbocycles. The second kappa shape index (κ2) is 3.67. The average molecular weight is 232 g/mol. The summed E-state index contributed by atoms with van der Waals surface area (Å²) in [5.41, 5.74) is 0.460. The molecule has 0 saturated heterocycles. The Hall–Kier alpha value is -0.930. The van der Waals surface area contributed by atoms with Crippen LogP contribution in [0.1, 0.15) is 6.42 Å². The molecular weight excluding hydrogens is 225 g/mol. The molecule has 0 atom stereocenters. The highest BCUT2D eigenvalue weighted by Crippen LogP contribution is 2.39. The number of rotatable bonds is 0. The fraction of sp³-hybridized carbons (Fsp3) is 0.222. The molecule has 0 spiro atoms. The molecule has 1 aromatic carbocycles. The largest absolute Gasteiger partial charge is 0.489 e. The fourth-order valence-corrected chi connectivity index (χ4v) is 1.65. The topological polar surface area (TPSA) is 38.3 Å². The molecule has 0 radical (unpaired) electrons. The van der Waals surface area contributed by atoms with Gasteiger partial charge in [0.15, 0.2) is 5.75 Å². The van der Waals surface area contributed by atoms with Crippen LogP contribution in [0.3, 0.4) is 0 Å². The zero-order chi connectivity index (χ0) is 10.1. The first-order valence-corrected chi connectivity index (χ1v) is 4.85. The molecule has 0 bridgehead atoms. The zero-order valence-electron chi connectivity index (χ0n) is 7.14. The Morgan fingerprint density at radius 3 is 2.79 bits per heavy atom. The van der Waals surface area contributed by atoms with Gasteiger partial charge < -0.3 is 10.1 Å². The van der Waals surface area contributed by atoms with Gasteiger partial charge in [-0.1, -0.05) is 23.2 Å². The van der Waals surface area contributed by atoms with Gasteiger partial charge in [0, 0.05) is 0 Å². The van der Waals surface area contributed by atoms with Gasteiger partial charge in [-0.05, 0) is 12.1 Å². The third-order valence-corrected chi connectivity index (χ3v) is 2.51. The molecule has 2 rings (SSSR count). The van der Waals surface area contributed by atoms with Crippen molar-refractivity contribution in [3.63, 3.8) is 0 Å². The minimum atomic E-state index is -0.118. The van der Waals surface area contributed by atoms with Crippen molar-refractivity contribution in [3.05, 3.63) is 22.2 Å². The van der Waals surface area contributed by atoms with Crippen molar-refractivity contribution in [2.24, 2.45) is 0 Å². The van der Waals surface area contributed by atoms with Gasteiger partial charge in [0.2, 0.25) is 5.91 Å². The van der Waals surface area contributed by atoms with Gasteiger partial charge in [0.25, 0.3) is 0 Å². The number of carbonyl (C=O) groups is 1. The Labute approximate surface area is 91.0 Å². The molecule has 1 aromatic rings. The highest BCUT2D eigenvalue weighted by atomic mass is 35.5. The van der Waals surface area contributed by atoms with Crippen LogP contribution >= 0.6 is 23.2 Å². The van der Waals surface area contributed by atoms with Crippen LogP contribution in [0.2, 0.25) is 10.0 Å². The lowest BCUT2D eigenvalue weighted by Gasteiger charge is -2.09. The summed E-state index contributed by atoms with van der Waals surface area (Å²) in [6.07, 6.45) is 0.307. The number of benzene rings is 1. The van der Waals surface area contributed by atoms with E-state index in [1.54, 1.807) is 12.1 Å². The zero-order valence-corrected chi connectivity index (χ0v) is 8.65. The highest BCUT2D eigenvalue weighted by Gasteiger charge is 2.18. The van der Waals surface area contributed by atoms with E-state index in [4.69, 9.17) is 27.9 Å². The first-order valence-electron chi connectivity index (χ1n) is 4.09. The molecule has 0 unspecified atom stereocenters. The van der Waals surface area contributed by atoms with Crippen LogP contribution in [0.15, 0.2) is 12.1 Å². The third kappa shape index (κ3) is 1.65. The van der Waals surface area contributed by atoms with Crippen LogP contribution < -0.4 is 10.1 Å². The molecule has 5 heteroatoms. The number of nitrogens with one attached hydrogen (secondary N) is 1. The Balaban J connectivity index is 2.54. The number of ether oxygens (including phenoxy) is 1. The molecule has 1 aliphatic heterocycles. The van der Waals surface area contributed by atoms with Gasteiger partial charge >= 0.3 is 0 Å². The normalized spacial score (nSPS) is 15.1. The molecule has 0 aromatic heterocycles. The Kier molecular flexibility index (Phi) is 2.52. The maximum atomic E-state index is 11.2. The fourth-order valence-electron chi connectivity index (χ4n) is 1.24. The highest BCUT2D eigenvalue weighted by molar-refractivity contribution is 6.37. The molecule has 3 nitrogen and oxygen atoms in total. The third-order valence-electron chi connectivity index (χ3n) is 1.90. The summed E-state index contributed by atoms with van der Waals surface area (Å²) in [6, 6.07) is 3.26. The van der Waals surface area contributed by atoms with E-state index in [2.05, 4.69) is 5.32 Å². The molecule has 1 N–H and O–H groups in total. The number of fused-ring (bicyclic) bond motifs is 1. The molecule has 14 heavy (non-hydrogen) atoms. The maximum Gasteiger partial charge on any atom is 0.227 e. The molecule has 0 fully saturated rings. The van der Waals surface area contributed by atoms with E-state index in [1.807, 2.05) is 0 Å². The van der Waals surface area contributed by atoms with E-state index in [0.717, 1.165) is 0 Å². The number of halogens is 2. The van der Waals surface area contributed by atoms with Crippen molar-refractivity contribution in [1.29, 1.82) is 0 Å². The quantitative estimate of drug-likeness (QED) is 0.746. The Morgan fingerprint density at radius 1 is 1.29 bits per heavy atom. The lowest BCUT2D eigenvalue weighted by molar-refractivity contribution is -0.116. The van der Waals surface area contributed by atoms with Gasteiger partial charge in [-0.3, -0.25) is 4.79 Å². The van der Waals surface area contributed by atoms with Gasteiger partial charge in [-0.15, -0.1) is 0 Å². The van der Waals surface area contributed by atoms with Gasteiger partial charge in [0.1, 0.15) is 5.69 Å². The van der Waals surface area contributed by atoms with E-state index >= 15 is 0 Å². The molecule has 1 aliphatic rings. The molecular formula is C9H7Cl2NO2. The van der Waals surface area contributed by atoms with Crippen molar-refractivity contribution in [2.75, 3.05) is 11.9 Å². The van der Waals surface area contributed by atoms with E-state index in [-0.39, 0.29) is 5.91 Å². The van der Waals surface area contributed by atoms with Crippen LogP contribution in [0.5, 0.6) is 5.75 Å². The summed E-state index contributed by atoms with van der Waals surface area (Å²) in [6.45, 7) is 0.318. The van der Waals surface area contributed by atoms with Crippen LogP contribution in [-0.4, -0.2) is 12.5 Å². The lowest BCUT2D eigenvalue weighted by atomic mass is 10.3. The maximum absolute atomic E-state index is 11.2. The van der Waals surface area contributed by atoms with E-state index in [1.165, 1.54) is 0 Å². The predicted molar refractivity (Wildman–Crippen MR) is 55.2 cm³/mol. The molecule has 0 saturated carbocycles. The van der Waals surface area contributed by atoms with Crippen LogP contribution in [0, 0.1) is 0 Å². The van der Waals surface area contributed by atoms with Crippen molar-refractivity contribution in [1.82, 2.24) is 0 Å². The number of anilines is 1. The monoisotopic (exact) mass is 231 g/mol. The minimum absolute atomic E-state index is 0.118. The minimum Gasteiger partial charge on any atom is -0.489 e. The van der Waals surface area contributed by atoms with E-state index < -0.39 is 0 Å². The summed E-state index contributed by atoms with van der Waals surface area (Å²) < 4.78 is 5.33. The van der Waals surface area contributed by atoms with Crippen molar-refractivity contribution >= 4 is 34.8 Å². The summed E-state index contributed by atoms with van der Waals surface area (Å²) >= 11 is 11.8. The molecule has 74 valence electrons. The molecule has 1 heterocycles. The second-order valence-electron chi connectivity index (χ2n) is 2.88. The summed E-state index contributed by atoms with van der Waals surface area (Å²) in [5, 5.41) is 3.53. The van der Waals surface area contributed by atoms with Crippen LogP contribution in [0.25, 0.3) is 0 Å². The van der Waals surface area contributed by atoms with Gasteiger partial charge in [0.05, 0.1) is 23.1 Å². The van der Waals surface area contributed by atoms with Gasteiger partial charge in [-0.2, -0.15) is 0 Å². The van der Waals surface area contributed by atoms with Gasteiger partial charge in [-0.25, -0.2) is 0 Å². The first kappa shape index (κ1) is 9.62. The molecule has 1 amide bonds. The number of hydrogen-bond donors (Lipinski definition) is 1. The first-order chi connectivity index (χ1) is 6.68. The predicted octanol–water partition coefficient (Wildman–Crippen LogP) is 2.71. The Bertz CT molecular complexity index is 393. The smallest absolute Gasteiger partial charge is 0.227 e. The number of amides is 1. The standard InChI is InChI=1S/C9H7Cl2NO2/c10-5-1-2-6(11)9-8(5)12-7(13)3-4-14-9/h1-2H,3-4H2,(H,12,13). The summed E-state index contributed by atoms with van der Waals surface area (Å²) in [5.74, 6) is 0.331. The lowest BCUT2D eigenvalue weighted by Crippen LogP contribution is -2.10. The number of hydrogen-bond acceptors (Lipinski definition) is 2. The van der Waals surface area contributed by atoms with Crippen LogP contribution in [0.4, 0.5) is 5.69 Å². The van der Waals surface area contributed by atoms with E-state index in [9.17, 15) is 4.79 Å². The summed E-state index contributed by atoms with van der Waals surface area (Å²) in [7, 11) is 0. The SMILES string of the molecule is O=C1CCOc2c(Cl)ccc(Cl)c2N1. The second-order valence-corrected chi connectivity index (χ2v) is 3.69. The average Bonchev–Trinajstić information content (AvgIpc) is 2.34. The van der Waals surface area contributed by atoms with E-state index in [0.29, 0.717) is 34.5 Å². The van der Waals surface area contributed by atoms with Crippen molar-refractivity contribution < 1.29 is 9.53 Å². The van der Waals surface area contributed by atoms with Crippen LogP contribution in [-0.2, 0) is 4.79 Å². The number of carbonyl (C=O) groups excluding carboxylic acids is 1. The summed E-state index contributed by atoms with van der Waals surface area (Å²) in [4.78, 5) is 11.2. The Morgan fingerprint density at radius 2 is 2.00 bits per heavy atom. The van der Waals surface area contributed by atoms with Crippen molar-refractivity contribution in [2.45, 2.75) is 6.42 Å². The van der Waals surface area contributed by atoms with Crippen molar-refractivity contribution in [3.8, 4) is 5.75 Å².